The number of amides is 2. The van der Waals surface area contributed by atoms with E-state index in [0.717, 1.165) is 22.6 Å². The number of nitrogens with one attached hydrogen (secondary N) is 1. The van der Waals surface area contributed by atoms with E-state index < -0.39 is 6.04 Å². The molecule has 1 atom stereocenters. The molecule has 0 radical (unpaired) electrons. The largest absolute Gasteiger partial charge is 0.497 e. The minimum absolute atomic E-state index is 0.0202. The maximum atomic E-state index is 13.5. The summed E-state index contributed by atoms with van der Waals surface area (Å²) in [4.78, 5) is 29.9. The third kappa shape index (κ3) is 6.01. The number of ether oxygens (including phenoxy) is 2. The Morgan fingerprint density at radius 3 is 2.19 bits per heavy atom. The summed E-state index contributed by atoms with van der Waals surface area (Å²) in [5.74, 6) is 1.03. The van der Waals surface area contributed by atoms with Crippen LogP contribution in [0.25, 0.3) is 0 Å². The molecule has 3 aromatic rings. The first-order valence-corrected chi connectivity index (χ1v) is 12.2. The number of benzene rings is 3. The van der Waals surface area contributed by atoms with Gasteiger partial charge in [-0.1, -0.05) is 42.5 Å². The third-order valence-corrected chi connectivity index (χ3v) is 6.38. The topological polar surface area (TPSA) is 71.1 Å². The second kappa shape index (κ2) is 11.7. The van der Waals surface area contributed by atoms with Crippen LogP contribution in [0.2, 0.25) is 0 Å². The van der Waals surface area contributed by atoms with Gasteiger partial charge in [0.1, 0.15) is 17.5 Å². The number of carbonyl (C=O) groups excluding carboxylic acids is 2. The Labute approximate surface area is 216 Å². The summed E-state index contributed by atoms with van der Waals surface area (Å²) in [7, 11) is 1.61. The Morgan fingerprint density at radius 1 is 0.917 bits per heavy atom. The smallest absolute Gasteiger partial charge is 0.252 e. The Morgan fingerprint density at radius 2 is 1.56 bits per heavy atom. The SMILES string of the molecule is CCOc1ccc(NC(=O)CC2C(=O)N(Cc3ccccc3)C(=S)N2Cc2ccc(OC)cc2)cc1. The lowest BCUT2D eigenvalue weighted by Gasteiger charge is -2.24. The first-order valence-electron chi connectivity index (χ1n) is 11.8. The standard InChI is InChI=1S/C28H29N3O4S/c1-3-35-24-15-11-22(12-16-24)29-26(32)17-25-27(33)31(19-20-7-5-4-6-8-20)28(36)30(25)18-21-9-13-23(34-2)14-10-21/h4-16,25H,3,17-19H2,1-2H3,(H,29,32). The van der Waals surface area contributed by atoms with E-state index in [2.05, 4.69) is 5.32 Å². The van der Waals surface area contributed by atoms with Gasteiger partial charge >= 0.3 is 0 Å². The molecule has 1 saturated heterocycles. The molecule has 1 heterocycles. The number of thiocarbonyl (C=S) groups is 1. The van der Waals surface area contributed by atoms with Gasteiger partial charge in [-0.2, -0.15) is 0 Å². The van der Waals surface area contributed by atoms with E-state index in [1.807, 2.05) is 66.4 Å². The van der Waals surface area contributed by atoms with Crippen LogP contribution < -0.4 is 14.8 Å². The zero-order valence-corrected chi connectivity index (χ0v) is 21.2. The molecule has 1 N–H and O–H groups in total. The molecule has 1 fully saturated rings. The van der Waals surface area contributed by atoms with Crippen molar-refractivity contribution in [2.24, 2.45) is 0 Å². The molecule has 36 heavy (non-hydrogen) atoms. The van der Waals surface area contributed by atoms with Crippen molar-refractivity contribution in [3.63, 3.8) is 0 Å². The summed E-state index contributed by atoms with van der Waals surface area (Å²) in [6.45, 7) is 3.24. The third-order valence-electron chi connectivity index (χ3n) is 5.93. The fourth-order valence-electron chi connectivity index (χ4n) is 4.10. The molecule has 2 amide bonds. The molecular formula is C28H29N3O4S. The number of anilines is 1. The average Bonchev–Trinajstić information content (AvgIpc) is 3.10. The molecule has 0 bridgehead atoms. The summed E-state index contributed by atoms with van der Waals surface area (Å²) in [6, 6.07) is 23.7. The van der Waals surface area contributed by atoms with Gasteiger partial charge in [0.2, 0.25) is 5.91 Å². The summed E-state index contributed by atoms with van der Waals surface area (Å²) < 4.78 is 10.7. The predicted octanol–water partition coefficient (Wildman–Crippen LogP) is 4.62. The highest BCUT2D eigenvalue weighted by Crippen LogP contribution is 2.26. The lowest BCUT2D eigenvalue weighted by Crippen LogP contribution is -2.37. The van der Waals surface area contributed by atoms with Crippen LogP contribution in [0.15, 0.2) is 78.9 Å². The van der Waals surface area contributed by atoms with Gasteiger partial charge in [-0.25, -0.2) is 0 Å². The van der Waals surface area contributed by atoms with Crippen molar-refractivity contribution in [1.29, 1.82) is 0 Å². The number of nitrogens with zero attached hydrogens (tertiary/aromatic N) is 2. The van der Waals surface area contributed by atoms with Crippen molar-refractivity contribution in [1.82, 2.24) is 9.80 Å². The molecule has 3 aromatic carbocycles. The van der Waals surface area contributed by atoms with Crippen molar-refractivity contribution in [2.45, 2.75) is 32.5 Å². The van der Waals surface area contributed by atoms with E-state index in [9.17, 15) is 9.59 Å². The molecule has 1 unspecified atom stereocenters. The lowest BCUT2D eigenvalue weighted by molar-refractivity contribution is -0.131. The zero-order chi connectivity index (χ0) is 25.5. The highest BCUT2D eigenvalue weighted by Gasteiger charge is 2.43. The van der Waals surface area contributed by atoms with Crippen molar-refractivity contribution in [3.05, 3.63) is 90.0 Å². The molecule has 4 rings (SSSR count). The van der Waals surface area contributed by atoms with Gasteiger partial charge in [0.15, 0.2) is 5.11 Å². The fraction of sp³-hybridized carbons (Fsp3) is 0.250. The van der Waals surface area contributed by atoms with Crippen LogP contribution in [0, 0.1) is 0 Å². The number of rotatable bonds is 10. The molecule has 0 spiro atoms. The first-order chi connectivity index (χ1) is 17.5. The van der Waals surface area contributed by atoms with Crippen LogP contribution in [-0.2, 0) is 22.7 Å². The van der Waals surface area contributed by atoms with Crippen LogP contribution in [0.1, 0.15) is 24.5 Å². The summed E-state index contributed by atoms with van der Waals surface area (Å²) in [5, 5.41) is 3.30. The summed E-state index contributed by atoms with van der Waals surface area (Å²) in [5.41, 5.74) is 2.57. The van der Waals surface area contributed by atoms with E-state index in [1.54, 1.807) is 36.3 Å². The minimum atomic E-state index is -0.703. The van der Waals surface area contributed by atoms with Gasteiger partial charge in [-0.15, -0.1) is 0 Å². The van der Waals surface area contributed by atoms with Gasteiger partial charge in [0.25, 0.3) is 5.91 Å². The fourth-order valence-corrected chi connectivity index (χ4v) is 4.45. The van der Waals surface area contributed by atoms with E-state index in [4.69, 9.17) is 21.7 Å². The van der Waals surface area contributed by atoms with Crippen LogP contribution in [0.5, 0.6) is 11.5 Å². The number of carbonyl (C=O) groups is 2. The first kappa shape index (κ1) is 25.2. The molecule has 1 aliphatic rings. The molecule has 8 heteroatoms. The van der Waals surface area contributed by atoms with E-state index in [-0.39, 0.29) is 18.2 Å². The lowest BCUT2D eigenvalue weighted by atomic mass is 10.1. The van der Waals surface area contributed by atoms with Gasteiger partial charge in [0.05, 0.1) is 26.7 Å². The number of hydrogen-bond acceptors (Lipinski definition) is 5. The Kier molecular flexibility index (Phi) is 8.17. The maximum Gasteiger partial charge on any atom is 0.252 e. The van der Waals surface area contributed by atoms with Crippen molar-refractivity contribution in [2.75, 3.05) is 19.0 Å². The Balaban J connectivity index is 1.52. The van der Waals surface area contributed by atoms with Crippen LogP contribution in [0.3, 0.4) is 0 Å². The molecule has 0 aliphatic carbocycles. The van der Waals surface area contributed by atoms with Gasteiger partial charge in [0, 0.05) is 12.2 Å². The van der Waals surface area contributed by atoms with Crippen LogP contribution >= 0.6 is 12.2 Å². The molecule has 186 valence electrons. The Bertz CT molecular complexity index is 1200. The average molecular weight is 504 g/mol. The van der Waals surface area contributed by atoms with Gasteiger partial charge in [-0.3, -0.25) is 14.5 Å². The number of hydrogen-bond donors (Lipinski definition) is 1. The molecular weight excluding hydrogens is 474 g/mol. The van der Waals surface area contributed by atoms with E-state index in [0.29, 0.717) is 30.5 Å². The highest BCUT2D eigenvalue weighted by molar-refractivity contribution is 7.80. The monoisotopic (exact) mass is 503 g/mol. The molecule has 0 saturated carbocycles. The quantitative estimate of drug-likeness (QED) is 0.407. The molecule has 0 aromatic heterocycles. The summed E-state index contributed by atoms with van der Waals surface area (Å²) >= 11 is 5.75. The number of methoxy groups -OCH3 is 1. The minimum Gasteiger partial charge on any atom is -0.497 e. The van der Waals surface area contributed by atoms with Crippen LogP contribution in [-0.4, -0.2) is 46.5 Å². The normalized spacial score (nSPS) is 15.2. The predicted molar refractivity (Wildman–Crippen MR) is 143 cm³/mol. The van der Waals surface area contributed by atoms with E-state index in [1.165, 1.54) is 0 Å². The maximum absolute atomic E-state index is 13.5. The van der Waals surface area contributed by atoms with Gasteiger partial charge < -0.3 is 19.7 Å². The Hall–Kier alpha value is -3.91. The highest BCUT2D eigenvalue weighted by atomic mass is 32.1. The second-order valence-corrected chi connectivity index (χ2v) is 8.76. The van der Waals surface area contributed by atoms with Crippen molar-refractivity contribution in [3.8, 4) is 11.5 Å². The van der Waals surface area contributed by atoms with Crippen molar-refractivity contribution >= 4 is 34.8 Å². The van der Waals surface area contributed by atoms with E-state index >= 15 is 0 Å². The van der Waals surface area contributed by atoms with Gasteiger partial charge in [-0.05, 0) is 66.7 Å². The molecule has 7 nitrogen and oxygen atoms in total. The second-order valence-electron chi connectivity index (χ2n) is 8.39. The zero-order valence-electron chi connectivity index (χ0n) is 20.3. The molecule has 1 aliphatic heterocycles. The van der Waals surface area contributed by atoms with Crippen LogP contribution in [0.4, 0.5) is 5.69 Å². The summed E-state index contributed by atoms with van der Waals surface area (Å²) in [6.07, 6.45) is -0.0202. The van der Waals surface area contributed by atoms with Crippen molar-refractivity contribution < 1.29 is 19.1 Å².